The molecule has 4 aliphatic rings. The van der Waals surface area contributed by atoms with Crippen molar-refractivity contribution in [2.75, 3.05) is 0 Å². The van der Waals surface area contributed by atoms with E-state index in [1.165, 1.54) is 167 Å². The molecule has 0 bridgehead atoms. The minimum atomic E-state index is -0.455. The first-order valence-corrected chi connectivity index (χ1v) is 24.2. The van der Waals surface area contributed by atoms with Crippen molar-refractivity contribution < 1.29 is 19.1 Å². The molecule has 0 N–H and O–H groups in total. The molecule has 0 amide bonds. The van der Waals surface area contributed by atoms with Crippen LogP contribution in [0.1, 0.15) is 265 Å². The highest BCUT2D eigenvalue weighted by Crippen LogP contribution is 2.44. The largest absolute Gasteiger partial charge is 0.455 e. The van der Waals surface area contributed by atoms with Crippen molar-refractivity contribution >= 4 is 11.9 Å². The van der Waals surface area contributed by atoms with E-state index in [9.17, 15) is 9.59 Å². The first-order chi connectivity index (χ1) is 26.6. The van der Waals surface area contributed by atoms with Gasteiger partial charge in [0.2, 0.25) is 0 Å². The summed E-state index contributed by atoms with van der Waals surface area (Å²) in [6.07, 6.45) is 46.4. The van der Waals surface area contributed by atoms with Crippen LogP contribution < -0.4 is 0 Å². The van der Waals surface area contributed by atoms with Crippen LogP contribution in [0.5, 0.6) is 0 Å². The number of hydrogen-bond donors (Lipinski definition) is 0. The van der Waals surface area contributed by atoms with E-state index < -0.39 is 11.2 Å². The molecule has 4 nitrogen and oxygen atoms in total. The van der Waals surface area contributed by atoms with Gasteiger partial charge in [0.05, 0.1) is 11.1 Å². The summed E-state index contributed by atoms with van der Waals surface area (Å²) in [5.74, 6) is 0.207. The monoisotopic (exact) mass is 747 g/mol. The summed E-state index contributed by atoms with van der Waals surface area (Å²) in [4.78, 5) is 29.6. The molecule has 1 aromatic rings. The highest BCUT2D eigenvalue weighted by atomic mass is 16.6. The van der Waals surface area contributed by atoms with Crippen LogP contribution in [0.4, 0.5) is 0 Å². The van der Waals surface area contributed by atoms with Gasteiger partial charge in [-0.15, -0.1) is 0 Å². The molecule has 5 rings (SSSR count). The first kappa shape index (κ1) is 43.3. The molecule has 0 heterocycles. The summed E-state index contributed by atoms with van der Waals surface area (Å²) in [5, 5.41) is 0. The summed E-state index contributed by atoms with van der Waals surface area (Å²) in [6.45, 7) is 0. The number of esters is 2. The third-order valence-electron chi connectivity index (χ3n) is 14.6. The normalized spacial score (nSPS) is 24.7. The number of carbonyl (C=O) groups excluding carboxylic acids is 2. The standard InChI is InChI=1S/C50H82O4/c51-47(53-49(39-29-19-11-1-2-12-20-30-40-49)43-33-23-15-7-5-8-16-24-34-43)45-37-27-28-38-46(45)48(52)54-50(41-31-21-13-3-4-14-22-32-42-50)44-35-25-17-9-6-10-18-26-36-44/h27-28,37-38,43-44H,1-26,29-36,39-42H2. The Balaban J connectivity index is 1.43. The van der Waals surface area contributed by atoms with Crippen molar-refractivity contribution in [1.82, 2.24) is 0 Å². The van der Waals surface area contributed by atoms with Crippen LogP contribution in [0.15, 0.2) is 24.3 Å². The Kier molecular flexibility index (Phi) is 19.8. The highest BCUT2D eigenvalue weighted by Gasteiger charge is 2.44. The maximum absolute atomic E-state index is 14.8. The molecule has 4 fully saturated rings. The molecule has 0 saturated heterocycles. The van der Waals surface area contributed by atoms with E-state index in [0.29, 0.717) is 23.0 Å². The fourth-order valence-electron chi connectivity index (χ4n) is 11.2. The van der Waals surface area contributed by atoms with Gasteiger partial charge >= 0.3 is 11.9 Å². The maximum atomic E-state index is 14.8. The number of hydrogen-bond acceptors (Lipinski definition) is 4. The van der Waals surface area contributed by atoms with Gasteiger partial charge in [-0.05, 0) is 101 Å². The minimum absolute atomic E-state index is 0.287. The highest BCUT2D eigenvalue weighted by molar-refractivity contribution is 6.03. The Morgan fingerprint density at radius 1 is 0.352 bits per heavy atom. The van der Waals surface area contributed by atoms with Gasteiger partial charge in [-0.3, -0.25) is 0 Å². The summed E-state index contributed by atoms with van der Waals surface area (Å²) < 4.78 is 14.1. The zero-order valence-electron chi connectivity index (χ0n) is 35.0. The third kappa shape index (κ3) is 14.0. The van der Waals surface area contributed by atoms with Gasteiger partial charge < -0.3 is 9.47 Å². The quantitative estimate of drug-likeness (QED) is 0.272. The average Bonchev–Trinajstić information content (AvgIpc) is 3.29. The molecule has 4 heteroatoms. The first-order valence-electron chi connectivity index (χ1n) is 24.2. The smallest absolute Gasteiger partial charge is 0.339 e. The molecule has 0 atom stereocenters. The molecular weight excluding hydrogens is 665 g/mol. The zero-order chi connectivity index (χ0) is 37.6. The predicted molar refractivity (Wildman–Crippen MR) is 225 cm³/mol. The van der Waals surface area contributed by atoms with Gasteiger partial charge in [0.25, 0.3) is 0 Å². The van der Waals surface area contributed by atoms with E-state index in [2.05, 4.69) is 0 Å². The number of carbonyl (C=O) groups is 2. The fourth-order valence-corrected chi connectivity index (χ4v) is 11.2. The van der Waals surface area contributed by atoms with Gasteiger partial charge in [0, 0.05) is 0 Å². The van der Waals surface area contributed by atoms with Crippen molar-refractivity contribution in [3.8, 4) is 0 Å². The second-order valence-electron chi connectivity index (χ2n) is 18.6. The Hall–Kier alpha value is -1.84. The summed E-state index contributed by atoms with van der Waals surface area (Å²) in [7, 11) is 0. The maximum Gasteiger partial charge on any atom is 0.339 e. The van der Waals surface area contributed by atoms with Crippen LogP contribution >= 0.6 is 0 Å². The number of rotatable bonds is 6. The SMILES string of the molecule is O=C(OC1(C2CCCCCCCCC2)CCCCCCCCCC1)c1ccccc1C(=O)OC1(C2CCCCCCCCC2)CCCCCCCCCC1. The molecule has 306 valence electrons. The van der Waals surface area contributed by atoms with Crippen LogP contribution in [-0.4, -0.2) is 23.1 Å². The van der Waals surface area contributed by atoms with Gasteiger partial charge in [-0.25, -0.2) is 9.59 Å². The Bertz CT molecular complexity index is 1050. The second kappa shape index (κ2) is 24.7. The molecular formula is C50H82O4. The molecule has 0 aliphatic heterocycles. The van der Waals surface area contributed by atoms with E-state index in [1.807, 2.05) is 24.3 Å². The lowest BCUT2D eigenvalue weighted by atomic mass is 9.73. The van der Waals surface area contributed by atoms with Crippen LogP contribution in [-0.2, 0) is 9.47 Å². The van der Waals surface area contributed by atoms with E-state index >= 15 is 0 Å². The molecule has 4 aliphatic carbocycles. The van der Waals surface area contributed by atoms with Gasteiger partial charge in [-0.2, -0.15) is 0 Å². The van der Waals surface area contributed by atoms with Crippen LogP contribution in [0.25, 0.3) is 0 Å². The topological polar surface area (TPSA) is 52.6 Å². The number of benzene rings is 1. The van der Waals surface area contributed by atoms with Crippen molar-refractivity contribution in [1.29, 1.82) is 0 Å². The molecule has 1 aromatic carbocycles. The van der Waals surface area contributed by atoms with E-state index in [-0.39, 0.29) is 11.9 Å². The fraction of sp³-hybridized carbons (Fsp3) is 0.840. The average molecular weight is 747 g/mol. The van der Waals surface area contributed by atoms with Crippen LogP contribution in [0.3, 0.4) is 0 Å². The van der Waals surface area contributed by atoms with Gasteiger partial charge in [0.15, 0.2) is 0 Å². The molecule has 0 radical (unpaired) electrons. The molecule has 0 aromatic heterocycles. The lowest BCUT2D eigenvalue weighted by Gasteiger charge is -2.42. The Labute approximate surface area is 332 Å². The molecule has 54 heavy (non-hydrogen) atoms. The van der Waals surface area contributed by atoms with Crippen molar-refractivity contribution in [3.05, 3.63) is 35.4 Å². The Morgan fingerprint density at radius 2 is 0.574 bits per heavy atom. The van der Waals surface area contributed by atoms with E-state index in [4.69, 9.17) is 9.47 Å². The van der Waals surface area contributed by atoms with Gasteiger partial charge in [-0.1, -0.05) is 179 Å². The third-order valence-corrected chi connectivity index (χ3v) is 14.6. The summed E-state index contributed by atoms with van der Waals surface area (Å²) >= 11 is 0. The lowest BCUT2D eigenvalue weighted by molar-refractivity contribution is -0.0734. The Morgan fingerprint density at radius 3 is 0.833 bits per heavy atom. The molecule has 0 unspecified atom stereocenters. The van der Waals surface area contributed by atoms with E-state index in [0.717, 1.165) is 77.0 Å². The van der Waals surface area contributed by atoms with Crippen molar-refractivity contribution in [2.45, 2.75) is 255 Å². The van der Waals surface area contributed by atoms with Gasteiger partial charge in [0.1, 0.15) is 11.2 Å². The van der Waals surface area contributed by atoms with Crippen molar-refractivity contribution in [3.63, 3.8) is 0 Å². The lowest BCUT2D eigenvalue weighted by Crippen LogP contribution is -2.44. The minimum Gasteiger partial charge on any atom is -0.455 e. The summed E-state index contributed by atoms with van der Waals surface area (Å²) in [5.41, 5.74) is -0.0596. The molecule has 4 saturated carbocycles. The second-order valence-corrected chi connectivity index (χ2v) is 18.6. The predicted octanol–water partition coefficient (Wildman–Crippen LogP) is 15.6. The zero-order valence-corrected chi connectivity index (χ0v) is 35.0. The van der Waals surface area contributed by atoms with E-state index in [1.54, 1.807) is 0 Å². The summed E-state index contributed by atoms with van der Waals surface area (Å²) in [6, 6.07) is 7.56. The van der Waals surface area contributed by atoms with Crippen LogP contribution in [0.2, 0.25) is 0 Å². The molecule has 0 spiro atoms. The number of ether oxygens (including phenoxy) is 2. The van der Waals surface area contributed by atoms with Crippen LogP contribution in [0, 0.1) is 11.8 Å². The van der Waals surface area contributed by atoms with Crippen molar-refractivity contribution in [2.24, 2.45) is 11.8 Å².